The van der Waals surface area contributed by atoms with Gasteiger partial charge in [0.25, 0.3) is 5.91 Å². The Bertz CT molecular complexity index is 498. The van der Waals surface area contributed by atoms with E-state index in [0.717, 1.165) is 5.56 Å². The molecule has 0 aromatic heterocycles. The molecule has 0 saturated carbocycles. The lowest BCUT2D eigenvalue weighted by molar-refractivity contribution is -0.119. The number of anilines is 1. The fourth-order valence-corrected chi connectivity index (χ4v) is 1.89. The van der Waals surface area contributed by atoms with Crippen molar-refractivity contribution in [2.24, 2.45) is 5.92 Å². The first-order chi connectivity index (χ1) is 9.36. The van der Waals surface area contributed by atoms with Crippen molar-refractivity contribution in [1.82, 2.24) is 10.2 Å². The van der Waals surface area contributed by atoms with E-state index in [4.69, 9.17) is 0 Å². The van der Waals surface area contributed by atoms with Gasteiger partial charge in [-0.25, -0.2) is 0 Å². The summed E-state index contributed by atoms with van der Waals surface area (Å²) in [4.78, 5) is 25.4. The number of hydrogen-bond acceptors (Lipinski definition) is 3. The molecule has 110 valence electrons. The maximum Gasteiger partial charge on any atom is 0.253 e. The zero-order chi connectivity index (χ0) is 15.3. The number of benzene rings is 1. The molecule has 1 atom stereocenters. The second-order valence-corrected chi connectivity index (χ2v) is 5.18. The standard InChI is InChI=1S/C15H23N3O2/c1-10-8-12(17-14(19)11(2)9-16-3)6-7-13(10)15(20)18(4)5/h6-8,11,16H,9H2,1-5H3,(H,17,19). The molecular weight excluding hydrogens is 254 g/mol. The van der Waals surface area contributed by atoms with E-state index in [1.54, 1.807) is 26.2 Å². The van der Waals surface area contributed by atoms with Crippen molar-refractivity contribution in [3.63, 3.8) is 0 Å². The van der Waals surface area contributed by atoms with Gasteiger partial charge in [0.1, 0.15) is 0 Å². The maximum absolute atomic E-state index is 11.9. The van der Waals surface area contributed by atoms with Crippen LogP contribution in [0, 0.1) is 12.8 Å². The van der Waals surface area contributed by atoms with Gasteiger partial charge in [-0.15, -0.1) is 0 Å². The average molecular weight is 277 g/mol. The van der Waals surface area contributed by atoms with Gasteiger partial charge < -0.3 is 15.5 Å². The number of hydrogen-bond donors (Lipinski definition) is 2. The summed E-state index contributed by atoms with van der Waals surface area (Å²) in [6, 6.07) is 5.32. The zero-order valence-corrected chi connectivity index (χ0v) is 12.8. The largest absolute Gasteiger partial charge is 0.345 e. The van der Waals surface area contributed by atoms with Gasteiger partial charge in [0, 0.05) is 37.8 Å². The quantitative estimate of drug-likeness (QED) is 0.857. The van der Waals surface area contributed by atoms with Crippen molar-refractivity contribution in [3.8, 4) is 0 Å². The van der Waals surface area contributed by atoms with Crippen molar-refractivity contribution in [2.75, 3.05) is 33.0 Å². The number of rotatable bonds is 5. The predicted molar refractivity (Wildman–Crippen MR) is 80.9 cm³/mol. The SMILES string of the molecule is CNCC(C)C(=O)Nc1ccc(C(=O)N(C)C)c(C)c1. The van der Waals surface area contributed by atoms with Crippen molar-refractivity contribution in [2.45, 2.75) is 13.8 Å². The summed E-state index contributed by atoms with van der Waals surface area (Å²) in [6.45, 7) is 4.36. The second-order valence-electron chi connectivity index (χ2n) is 5.18. The van der Waals surface area contributed by atoms with Gasteiger partial charge in [0.15, 0.2) is 0 Å². The number of carbonyl (C=O) groups is 2. The summed E-state index contributed by atoms with van der Waals surface area (Å²) >= 11 is 0. The number of nitrogens with zero attached hydrogens (tertiary/aromatic N) is 1. The first-order valence-electron chi connectivity index (χ1n) is 6.64. The van der Waals surface area contributed by atoms with Crippen LogP contribution in [0.3, 0.4) is 0 Å². The minimum Gasteiger partial charge on any atom is -0.345 e. The Labute approximate surface area is 120 Å². The number of carbonyl (C=O) groups excluding carboxylic acids is 2. The summed E-state index contributed by atoms with van der Waals surface area (Å²) in [7, 11) is 5.25. The van der Waals surface area contributed by atoms with Crippen LogP contribution in [0.4, 0.5) is 5.69 Å². The third kappa shape index (κ3) is 4.06. The van der Waals surface area contributed by atoms with Gasteiger partial charge in [-0.2, -0.15) is 0 Å². The molecule has 0 radical (unpaired) electrons. The molecule has 2 N–H and O–H groups in total. The molecule has 0 heterocycles. The van der Waals surface area contributed by atoms with Crippen LogP contribution in [0.2, 0.25) is 0 Å². The van der Waals surface area contributed by atoms with E-state index in [0.29, 0.717) is 17.8 Å². The fourth-order valence-electron chi connectivity index (χ4n) is 1.89. The van der Waals surface area contributed by atoms with Crippen LogP contribution < -0.4 is 10.6 Å². The summed E-state index contributed by atoms with van der Waals surface area (Å²) in [5.41, 5.74) is 2.21. The first-order valence-corrected chi connectivity index (χ1v) is 6.64. The van der Waals surface area contributed by atoms with Crippen LogP contribution in [0.25, 0.3) is 0 Å². The Balaban J connectivity index is 2.83. The first kappa shape index (κ1) is 16.2. The summed E-state index contributed by atoms with van der Waals surface area (Å²) in [5, 5.41) is 5.83. The van der Waals surface area contributed by atoms with Gasteiger partial charge in [-0.3, -0.25) is 9.59 Å². The molecule has 0 spiro atoms. The van der Waals surface area contributed by atoms with Crippen LogP contribution in [-0.2, 0) is 4.79 Å². The highest BCUT2D eigenvalue weighted by Crippen LogP contribution is 2.17. The maximum atomic E-state index is 11.9. The van der Waals surface area contributed by atoms with Crippen LogP contribution in [-0.4, -0.2) is 44.4 Å². The Morgan fingerprint density at radius 1 is 1.30 bits per heavy atom. The van der Waals surface area contributed by atoms with E-state index in [1.807, 2.05) is 27.0 Å². The zero-order valence-electron chi connectivity index (χ0n) is 12.8. The molecule has 0 aliphatic heterocycles. The van der Waals surface area contributed by atoms with Crippen molar-refractivity contribution in [3.05, 3.63) is 29.3 Å². The van der Waals surface area contributed by atoms with Crippen molar-refractivity contribution < 1.29 is 9.59 Å². The van der Waals surface area contributed by atoms with Gasteiger partial charge >= 0.3 is 0 Å². The Morgan fingerprint density at radius 2 is 1.95 bits per heavy atom. The van der Waals surface area contributed by atoms with Crippen LogP contribution in [0.1, 0.15) is 22.8 Å². The smallest absolute Gasteiger partial charge is 0.253 e. The van der Waals surface area contributed by atoms with E-state index < -0.39 is 0 Å². The summed E-state index contributed by atoms with van der Waals surface area (Å²) in [5.74, 6) is -0.183. The highest BCUT2D eigenvalue weighted by atomic mass is 16.2. The monoisotopic (exact) mass is 277 g/mol. The molecule has 0 bridgehead atoms. The van der Waals surface area contributed by atoms with E-state index in [9.17, 15) is 9.59 Å². The number of nitrogens with one attached hydrogen (secondary N) is 2. The van der Waals surface area contributed by atoms with Gasteiger partial charge in [0.2, 0.25) is 5.91 Å². The molecular formula is C15H23N3O2. The molecule has 0 saturated heterocycles. The number of amides is 2. The number of aryl methyl sites for hydroxylation is 1. The second kappa shape index (κ2) is 7.05. The van der Waals surface area contributed by atoms with E-state index in [2.05, 4.69) is 10.6 Å². The molecule has 0 aliphatic rings. The normalized spacial score (nSPS) is 11.8. The Kier molecular flexibility index (Phi) is 5.70. The van der Waals surface area contributed by atoms with Gasteiger partial charge in [0.05, 0.1) is 0 Å². The Hall–Kier alpha value is -1.88. The van der Waals surface area contributed by atoms with E-state index >= 15 is 0 Å². The van der Waals surface area contributed by atoms with Crippen molar-refractivity contribution in [1.29, 1.82) is 0 Å². The molecule has 0 fully saturated rings. The summed E-state index contributed by atoms with van der Waals surface area (Å²) in [6.07, 6.45) is 0. The summed E-state index contributed by atoms with van der Waals surface area (Å²) < 4.78 is 0. The molecule has 5 heteroatoms. The van der Waals surface area contributed by atoms with Gasteiger partial charge in [-0.1, -0.05) is 6.92 Å². The molecule has 20 heavy (non-hydrogen) atoms. The molecule has 1 aromatic carbocycles. The van der Waals surface area contributed by atoms with Crippen LogP contribution in [0.15, 0.2) is 18.2 Å². The Morgan fingerprint density at radius 3 is 2.45 bits per heavy atom. The highest BCUT2D eigenvalue weighted by Gasteiger charge is 2.14. The topological polar surface area (TPSA) is 61.4 Å². The molecule has 5 nitrogen and oxygen atoms in total. The molecule has 0 aliphatic carbocycles. The third-order valence-electron chi connectivity index (χ3n) is 3.09. The fraction of sp³-hybridized carbons (Fsp3) is 0.467. The highest BCUT2D eigenvalue weighted by molar-refractivity contribution is 5.97. The van der Waals surface area contributed by atoms with Crippen LogP contribution in [0.5, 0.6) is 0 Å². The average Bonchev–Trinajstić information content (AvgIpc) is 2.38. The molecule has 1 rings (SSSR count). The lowest BCUT2D eigenvalue weighted by Crippen LogP contribution is -2.28. The lowest BCUT2D eigenvalue weighted by Gasteiger charge is -2.15. The minimum atomic E-state index is -0.108. The van der Waals surface area contributed by atoms with E-state index in [1.165, 1.54) is 4.90 Å². The van der Waals surface area contributed by atoms with E-state index in [-0.39, 0.29) is 17.7 Å². The third-order valence-corrected chi connectivity index (χ3v) is 3.09. The van der Waals surface area contributed by atoms with Gasteiger partial charge in [-0.05, 0) is 37.7 Å². The lowest BCUT2D eigenvalue weighted by atomic mass is 10.1. The van der Waals surface area contributed by atoms with Crippen molar-refractivity contribution >= 4 is 17.5 Å². The van der Waals surface area contributed by atoms with Crippen LogP contribution >= 0.6 is 0 Å². The molecule has 2 amide bonds. The minimum absolute atomic E-state index is 0.0366. The molecule has 1 aromatic rings. The predicted octanol–water partition coefficient (Wildman–Crippen LogP) is 1.49. The molecule has 1 unspecified atom stereocenters.